The minimum absolute atomic E-state index is 0.0415. The fourth-order valence-electron chi connectivity index (χ4n) is 2.11. The van der Waals surface area contributed by atoms with Crippen LogP contribution in [0.3, 0.4) is 0 Å². The highest BCUT2D eigenvalue weighted by molar-refractivity contribution is 7.80. The van der Waals surface area contributed by atoms with E-state index in [4.69, 9.17) is 10.8 Å². The summed E-state index contributed by atoms with van der Waals surface area (Å²) in [7, 11) is 0. The van der Waals surface area contributed by atoms with E-state index in [1.165, 1.54) is 6.92 Å². The van der Waals surface area contributed by atoms with E-state index < -0.39 is 60.2 Å². The summed E-state index contributed by atoms with van der Waals surface area (Å²) >= 11 is 3.87. The fourth-order valence-corrected chi connectivity index (χ4v) is 2.28. The molecule has 0 aliphatic carbocycles. The van der Waals surface area contributed by atoms with Gasteiger partial charge in [0.05, 0.1) is 12.5 Å². The number of amides is 3. The maximum Gasteiger partial charge on any atom is 0.326 e. The van der Waals surface area contributed by atoms with E-state index in [2.05, 4.69) is 28.6 Å². The molecule has 28 heavy (non-hydrogen) atoms. The van der Waals surface area contributed by atoms with Crippen LogP contribution in [0.4, 0.5) is 0 Å². The Hall–Kier alpha value is -2.34. The zero-order valence-corrected chi connectivity index (χ0v) is 16.9. The van der Waals surface area contributed by atoms with Gasteiger partial charge in [0, 0.05) is 5.75 Å². The molecule has 12 heteroatoms. The molecule has 0 aromatic rings. The summed E-state index contributed by atoms with van der Waals surface area (Å²) in [4.78, 5) is 58.6. The third-order valence-corrected chi connectivity index (χ3v) is 4.01. The summed E-state index contributed by atoms with van der Waals surface area (Å²) in [5.41, 5.74) is 5.49. The quantitative estimate of drug-likeness (QED) is 0.182. The number of rotatable bonds is 12. The number of carbonyl (C=O) groups is 5. The molecule has 0 heterocycles. The van der Waals surface area contributed by atoms with Crippen LogP contribution in [-0.2, 0) is 24.0 Å². The highest BCUT2D eigenvalue weighted by Gasteiger charge is 2.30. The van der Waals surface area contributed by atoms with Crippen LogP contribution in [0.5, 0.6) is 0 Å². The largest absolute Gasteiger partial charge is 0.481 e. The lowest BCUT2D eigenvalue weighted by Crippen LogP contribution is -2.57. The number of nitrogens with two attached hydrogens (primary N) is 1. The van der Waals surface area contributed by atoms with Gasteiger partial charge in [-0.2, -0.15) is 12.6 Å². The van der Waals surface area contributed by atoms with E-state index in [-0.39, 0.29) is 18.1 Å². The molecule has 0 saturated carbocycles. The van der Waals surface area contributed by atoms with Crippen LogP contribution >= 0.6 is 12.6 Å². The van der Waals surface area contributed by atoms with Gasteiger partial charge in [-0.1, -0.05) is 13.8 Å². The fraction of sp³-hybridized carbons (Fsp3) is 0.688. The zero-order chi connectivity index (χ0) is 22.0. The number of aliphatic carboxylic acids is 2. The van der Waals surface area contributed by atoms with Crippen LogP contribution in [-0.4, -0.2) is 69.8 Å². The summed E-state index contributed by atoms with van der Waals surface area (Å²) in [5.74, 6) is -5.05. The SMILES string of the molecule is CC(C)CC(NC(=O)C(CC(=O)O)NC(=O)C(C)NC(=O)C(N)CS)C(=O)O. The van der Waals surface area contributed by atoms with Crippen LogP contribution in [0.15, 0.2) is 0 Å². The van der Waals surface area contributed by atoms with Crippen LogP contribution in [0.1, 0.15) is 33.6 Å². The summed E-state index contributed by atoms with van der Waals surface area (Å²) in [6.45, 7) is 4.85. The Labute approximate surface area is 168 Å². The van der Waals surface area contributed by atoms with E-state index in [0.29, 0.717) is 0 Å². The summed E-state index contributed by atoms with van der Waals surface area (Å²) < 4.78 is 0. The topological polar surface area (TPSA) is 188 Å². The Morgan fingerprint density at radius 1 is 0.893 bits per heavy atom. The molecule has 7 N–H and O–H groups in total. The highest BCUT2D eigenvalue weighted by atomic mass is 32.1. The first-order chi connectivity index (χ1) is 12.9. The van der Waals surface area contributed by atoms with Gasteiger partial charge in [-0.15, -0.1) is 0 Å². The second kappa shape index (κ2) is 12.2. The monoisotopic (exact) mass is 420 g/mol. The molecular formula is C16H28N4O7S. The van der Waals surface area contributed by atoms with Gasteiger partial charge in [-0.05, 0) is 19.3 Å². The van der Waals surface area contributed by atoms with Crippen molar-refractivity contribution in [1.29, 1.82) is 0 Å². The summed E-state index contributed by atoms with van der Waals surface area (Å²) in [6, 6.07) is -4.79. The molecule has 3 amide bonds. The average molecular weight is 420 g/mol. The normalized spacial score (nSPS) is 15.1. The van der Waals surface area contributed by atoms with Gasteiger partial charge < -0.3 is 31.9 Å². The van der Waals surface area contributed by atoms with Crippen molar-refractivity contribution in [3.63, 3.8) is 0 Å². The third-order valence-electron chi connectivity index (χ3n) is 3.62. The summed E-state index contributed by atoms with van der Waals surface area (Å²) in [5, 5.41) is 24.9. The first kappa shape index (κ1) is 25.7. The highest BCUT2D eigenvalue weighted by Crippen LogP contribution is 2.06. The Morgan fingerprint density at radius 3 is 1.86 bits per heavy atom. The van der Waals surface area contributed by atoms with Crippen molar-refractivity contribution in [3.05, 3.63) is 0 Å². The van der Waals surface area contributed by atoms with Gasteiger partial charge in [0.1, 0.15) is 18.1 Å². The number of thiol groups is 1. The molecule has 0 fully saturated rings. The van der Waals surface area contributed by atoms with Gasteiger partial charge in [-0.25, -0.2) is 4.79 Å². The lowest BCUT2D eigenvalue weighted by molar-refractivity contribution is -0.144. The van der Waals surface area contributed by atoms with Crippen molar-refractivity contribution in [1.82, 2.24) is 16.0 Å². The molecule has 4 unspecified atom stereocenters. The number of carboxylic acid groups (broad SMARTS) is 2. The van der Waals surface area contributed by atoms with Crippen molar-refractivity contribution in [2.75, 3.05) is 5.75 Å². The molecular weight excluding hydrogens is 392 g/mol. The zero-order valence-electron chi connectivity index (χ0n) is 16.0. The van der Waals surface area contributed by atoms with Gasteiger partial charge in [0.15, 0.2) is 0 Å². The molecule has 0 aliphatic rings. The van der Waals surface area contributed by atoms with E-state index in [1.54, 1.807) is 13.8 Å². The molecule has 0 spiro atoms. The smallest absolute Gasteiger partial charge is 0.326 e. The van der Waals surface area contributed by atoms with E-state index in [9.17, 15) is 29.1 Å². The predicted molar refractivity (Wildman–Crippen MR) is 103 cm³/mol. The number of carboxylic acids is 2. The van der Waals surface area contributed by atoms with Crippen LogP contribution in [0, 0.1) is 5.92 Å². The van der Waals surface area contributed by atoms with E-state index >= 15 is 0 Å². The van der Waals surface area contributed by atoms with Crippen molar-refractivity contribution in [2.45, 2.75) is 57.8 Å². The van der Waals surface area contributed by atoms with Crippen LogP contribution in [0.25, 0.3) is 0 Å². The van der Waals surface area contributed by atoms with Crippen LogP contribution < -0.4 is 21.7 Å². The first-order valence-corrected chi connectivity index (χ1v) is 9.24. The molecule has 0 aliphatic heterocycles. The lowest BCUT2D eigenvalue weighted by Gasteiger charge is -2.23. The average Bonchev–Trinajstić information content (AvgIpc) is 2.58. The van der Waals surface area contributed by atoms with Crippen molar-refractivity contribution in [2.24, 2.45) is 11.7 Å². The number of carbonyl (C=O) groups excluding carboxylic acids is 3. The summed E-state index contributed by atoms with van der Waals surface area (Å²) in [6.07, 6.45) is -0.634. The van der Waals surface area contributed by atoms with Crippen molar-refractivity contribution < 1.29 is 34.2 Å². The minimum atomic E-state index is -1.52. The van der Waals surface area contributed by atoms with Crippen molar-refractivity contribution >= 4 is 42.3 Å². The van der Waals surface area contributed by atoms with E-state index in [1.807, 2.05) is 0 Å². The van der Waals surface area contributed by atoms with Crippen LogP contribution in [0.2, 0.25) is 0 Å². The number of hydrogen-bond donors (Lipinski definition) is 7. The Bertz CT molecular complexity index is 600. The van der Waals surface area contributed by atoms with Gasteiger partial charge in [0.2, 0.25) is 17.7 Å². The number of nitrogens with one attached hydrogen (secondary N) is 3. The minimum Gasteiger partial charge on any atom is -0.481 e. The lowest BCUT2D eigenvalue weighted by atomic mass is 10.0. The molecule has 0 bridgehead atoms. The standard InChI is InChI=1S/C16H28N4O7S/c1-7(2)4-11(16(26)27)20-15(25)10(5-12(21)22)19-13(23)8(3)18-14(24)9(17)6-28/h7-11,28H,4-6,17H2,1-3H3,(H,18,24)(H,19,23)(H,20,25)(H,21,22)(H,26,27). The molecule has 4 atom stereocenters. The Balaban J connectivity index is 5.12. The molecule has 0 saturated heterocycles. The van der Waals surface area contributed by atoms with Gasteiger partial charge in [0.25, 0.3) is 0 Å². The molecule has 0 radical (unpaired) electrons. The maximum absolute atomic E-state index is 12.3. The second-order valence-corrected chi connectivity index (χ2v) is 7.07. The van der Waals surface area contributed by atoms with Gasteiger partial charge >= 0.3 is 11.9 Å². The van der Waals surface area contributed by atoms with Gasteiger partial charge in [-0.3, -0.25) is 19.2 Å². The maximum atomic E-state index is 12.3. The Morgan fingerprint density at radius 2 is 1.43 bits per heavy atom. The predicted octanol–water partition coefficient (Wildman–Crippen LogP) is -1.68. The van der Waals surface area contributed by atoms with Crippen molar-refractivity contribution in [3.8, 4) is 0 Å². The first-order valence-electron chi connectivity index (χ1n) is 8.61. The molecule has 0 aromatic carbocycles. The molecule has 0 rings (SSSR count). The molecule has 160 valence electrons. The Kier molecular flexibility index (Phi) is 11.2. The molecule has 11 nitrogen and oxygen atoms in total. The third kappa shape index (κ3) is 9.55. The number of hydrogen-bond acceptors (Lipinski definition) is 7. The molecule has 0 aromatic heterocycles. The van der Waals surface area contributed by atoms with E-state index in [0.717, 1.165) is 0 Å². The second-order valence-electron chi connectivity index (χ2n) is 6.71.